The summed E-state index contributed by atoms with van der Waals surface area (Å²) in [5, 5.41) is 5.95. The Morgan fingerprint density at radius 1 is 1.47 bits per heavy atom. The van der Waals surface area contributed by atoms with Crippen molar-refractivity contribution in [3.63, 3.8) is 0 Å². The first-order chi connectivity index (χ1) is 8.85. The van der Waals surface area contributed by atoms with Crippen LogP contribution < -0.4 is 5.32 Å². The van der Waals surface area contributed by atoms with Gasteiger partial charge < -0.3 is 5.32 Å². The van der Waals surface area contributed by atoms with Crippen LogP contribution in [0.1, 0.15) is 45.9 Å². The molecule has 2 heterocycles. The first-order valence-electron chi connectivity index (χ1n) is 7.36. The number of rotatable bonds is 3. The molecule has 0 spiro atoms. The molecular formula is C16H28N2S. The lowest BCUT2D eigenvalue weighted by molar-refractivity contribution is 0.0165. The topological polar surface area (TPSA) is 15.3 Å². The van der Waals surface area contributed by atoms with E-state index in [9.17, 15) is 0 Å². The fourth-order valence-corrected chi connectivity index (χ4v) is 3.45. The molecule has 1 saturated heterocycles. The number of hydrogen-bond acceptors (Lipinski definition) is 3. The number of piperazine rings is 1. The molecule has 1 N–H and O–H groups in total. The normalized spacial score (nSPS) is 29.6. The molecule has 0 saturated carbocycles. The predicted molar refractivity (Wildman–Crippen MR) is 84.7 cm³/mol. The van der Waals surface area contributed by atoms with E-state index < -0.39 is 0 Å². The maximum Gasteiger partial charge on any atom is 0.0334 e. The summed E-state index contributed by atoms with van der Waals surface area (Å²) in [6, 6.07) is 4.99. The van der Waals surface area contributed by atoms with Crippen LogP contribution in [-0.2, 0) is 6.54 Å². The van der Waals surface area contributed by atoms with Crippen molar-refractivity contribution in [3.8, 4) is 0 Å². The molecule has 0 radical (unpaired) electrons. The van der Waals surface area contributed by atoms with Crippen LogP contribution in [0.25, 0.3) is 0 Å². The minimum atomic E-state index is 0.283. The highest BCUT2D eigenvalue weighted by molar-refractivity contribution is 7.09. The first kappa shape index (κ1) is 15.0. The molecule has 1 aliphatic heterocycles. The summed E-state index contributed by atoms with van der Waals surface area (Å²) in [5.74, 6) is 0. The summed E-state index contributed by atoms with van der Waals surface area (Å²) in [5.41, 5.74) is 0.606. The molecule has 0 amide bonds. The van der Waals surface area contributed by atoms with Crippen molar-refractivity contribution in [1.29, 1.82) is 0 Å². The van der Waals surface area contributed by atoms with Gasteiger partial charge in [0.05, 0.1) is 0 Å². The Kier molecular flexibility index (Phi) is 4.38. The zero-order chi connectivity index (χ0) is 14.1. The Balaban J connectivity index is 2.13. The highest BCUT2D eigenvalue weighted by atomic mass is 32.1. The van der Waals surface area contributed by atoms with Gasteiger partial charge in [-0.05, 0) is 30.2 Å². The van der Waals surface area contributed by atoms with E-state index in [1.54, 1.807) is 0 Å². The molecule has 0 aliphatic carbocycles. The van der Waals surface area contributed by atoms with E-state index in [-0.39, 0.29) is 5.54 Å². The molecule has 1 aromatic rings. The van der Waals surface area contributed by atoms with Crippen LogP contribution in [-0.4, -0.2) is 29.6 Å². The molecule has 2 atom stereocenters. The fraction of sp³-hybridized carbons (Fsp3) is 0.750. The summed E-state index contributed by atoms with van der Waals surface area (Å²) < 4.78 is 0. The molecule has 2 rings (SSSR count). The minimum Gasteiger partial charge on any atom is -0.310 e. The number of thiophene rings is 1. The molecule has 2 unspecified atom stereocenters. The smallest absolute Gasteiger partial charge is 0.0334 e. The van der Waals surface area contributed by atoms with Crippen molar-refractivity contribution in [1.82, 2.24) is 10.2 Å². The molecule has 108 valence electrons. The summed E-state index contributed by atoms with van der Waals surface area (Å²) >= 11 is 1.87. The largest absolute Gasteiger partial charge is 0.310 e. The monoisotopic (exact) mass is 280 g/mol. The van der Waals surface area contributed by atoms with Gasteiger partial charge in [0, 0.05) is 36.1 Å². The van der Waals surface area contributed by atoms with Crippen molar-refractivity contribution in [3.05, 3.63) is 22.4 Å². The van der Waals surface area contributed by atoms with Gasteiger partial charge in [-0.15, -0.1) is 11.3 Å². The van der Waals surface area contributed by atoms with Crippen molar-refractivity contribution in [2.75, 3.05) is 13.1 Å². The number of nitrogens with one attached hydrogen (secondary N) is 1. The Morgan fingerprint density at radius 2 is 2.21 bits per heavy atom. The van der Waals surface area contributed by atoms with E-state index in [4.69, 9.17) is 0 Å². The van der Waals surface area contributed by atoms with Crippen LogP contribution in [0.4, 0.5) is 0 Å². The Hall–Kier alpha value is -0.380. The Bertz CT molecular complexity index is 393. The lowest BCUT2D eigenvalue weighted by Gasteiger charge is -2.50. The van der Waals surface area contributed by atoms with E-state index in [0.29, 0.717) is 11.5 Å². The quantitative estimate of drug-likeness (QED) is 0.907. The van der Waals surface area contributed by atoms with Gasteiger partial charge >= 0.3 is 0 Å². The van der Waals surface area contributed by atoms with Gasteiger partial charge in [0.25, 0.3) is 0 Å². The molecule has 2 nitrogen and oxygen atoms in total. The highest BCUT2D eigenvalue weighted by Crippen LogP contribution is 2.31. The fourth-order valence-electron chi connectivity index (χ4n) is 2.73. The van der Waals surface area contributed by atoms with E-state index in [2.05, 4.69) is 62.3 Å². The van der Waals surface area contributed by atoms with Crippen molar-refractivity contribution in [2.45, 2.75) is 59.2 Å². The molecule has 0 aromatic carbocycles. The van der Waals surface area contributed by atoms with Gasteiger partial charge in [0.15, 0.2) is 0 Å². The molecule has 1 fully saturated rings. The van der Waals surface area contributed by atoms with Crippen LogP contribution in [0.5, 0.6) is 0 Å². The zero-order valence-corrected chi connectivity index (χ0v) is 13.8. The Morgan fingerprint density at radius 3 is 2.74 bits per heavy atom. The van der Waals surface area contributed by atoms with Crippen molar-refractivity contribution in [2.24, 2.45) is 5.41 Å². The third-order valence-electron chi connectivity index (χ3n) is 4.63. The van der Waals surface area contributed by atoms with E-state index in [1.165, 1.54) is 11.3 Å². The van der Waals surface area contributed by atoms with Crippen LogP contribution in [0.2, 0.25) is 0 Å². The standard InChI is InChI=1S/C16H28N2S/c1-6-16(5)12-17-14(15(2,3)4)11-18(16)10-13-8-7-9-19-13/h7-9,14,17H,6,10-12H2,1-5H3. The second kappa shape index (κ2) is 5.55. The minimum absolute atomic E-state index is 0.283. The van der Waals surface area contributed by atoms with Crippen LogP contribution in [0, 0.1) is 5.41 Å². The second-order valence-corrected chi connectivity index (χ2v) is 8.14. The second-order valence-electron chi connectivity index (χ2n) is 7.11. The number of nitrogens with zero attached hydrogens (tertiary/aromatic N) is 1. The third-order valence-corrected chi connectivity index (χ3v) is 5.49. The summed E-state index contributed by atoms with van der Waals surface area (Å²) in [4.78, 5) is 4.17. The van der Waals surface area contributed by atoms with Crippen LogP contribution in [0.15, 0.2) is 17.5 Å². The molecule has 1 aromatic heterocycles. The zero-order valence-electron chi connectivity index (χ0n) is 13.0. The van der Waals surface area contributed by atoms with Gasteiger partial charge in [-0.25, -0.2) is 0 Å². The highest BCUT2D eigenvalue weighted by Gasteiger charge is 2.39. The van der Waals surface area contributed by atoms with Crippen molar-refractivity contribution < 1.29 is 0 Å². The van der Waals surface area contributed by atoms with E-state index in [1.807, 2.05) is 11.3 Å². The molecule has 19 heavy (non-hydrogen) atoms. The van der Waals surface area contributed by atoms with Gasteiger partial charge in [0.1, 0.15) is 0 Å². The molecule has 1 aliphatic rings. The predicted octanol–water partition coefficient (Wildman–Crippen LogP) is 3.74. The summed E-state index contributed by atoms with van der Waals surface area (Å²) in [7, 11) is 0. The SMILES string of the molecule is CCC1(C)CNC(C(C)(C)C)CN1Cc1cccs1. The summed E-state index contributed by atoms with van der Waals surface area (Å²) in [6.45, 7) is 15.0. The molecular weight excluding hydrogens is 252 g/mol. The Labute approximate surface area is 122 Å². The van der Waals surface area contributed by atoms with Gasteiger partial charge in [0.2, 0.25) is 0 Å². The maximum absolute atomic E-state index is 3.77. The third kappa shape index (κ3) is 3.39. The average Bonchev–Trinajstić information content (AvgIpc) is 2.83. The maximum atomic E-state index is 3.77. The van der Waals surface area contributed by atoms with Crippen LogP contribution >= 0.6 is 11.3 Å². The lowest BCUT2D eigenvalue weighted by Crippen LogP contribution is -2.65. The van der Waals surface area contributed by atoms with Crippen LogP contribution in [0.3, 0.4) is 0 Å². The average molecular weight is 280 g/mol. The van der Waals surface area contributed by atoms with E-state index >= 15 is 0 Å². The van der Waals surface area contributed by atoms with Crippen molar-refractivity contribution >= 4 is 11.3 Å². The van der Waals surface area contributed by atoms with E-state index in [0.717, 1.165) is 19.6 Å². The molecule has 3 heteroatoms. The summed E-state index contributed by atoms with van der Waals surface area (Å²) in [6.07, 6.45) is 1.20. The lowest BCUT2D eigenvalue weighted by atomic mass is 9.81. The van der Waals surface area contributed by atoms with Gasteiger partial charge in [-0.2, -0.15) is 0 Å². The van der Waals surface area contributed by atoms with Gasteiger partial charge in [-0.3, -0.25) is 4.90 Å². The van der Waals surface area contributed by atoms with Gasteiger partial charge in [-0.1, -0.05) is 33.8 Å². The first-order valence-corrected chi connectivity index (χ1v) is 8.24. The molecule has 0 bridgehead atoms. The number of hydrogen-bond donors (Lipinski definition) is 1.